The molecule has 0 spiro atoms. The number of anilines is 1. The molecule has 0 aromatic heterocycles. The molecular formula is C21H24ClN3O6S2. The van der Waals surface area contributed by atoms with Gasteiger partial charge in [0.1, 0.15) is 5.50 Å². The number of ether oxygens (including phenoxy) is 2. The van der Waals surface area contributed by atoms with Gasteiger partial charge in [-0.25, -0.2) is 8.42 Å². The first-order valence-electron chi connectivity index (χ1n) is 9.83. The summed E-state index contributed by atoms with van der Waals surface area (Å²) in [5, 5.41) is 7.52. The zero-order valence-corrected chi connectivity index (χ0v) is 20.6. The van der Waals surface area contributed by atoms with Crippen molar-refractivity contribution in [3.8, 4) is 11.5 Å². The summed E-state index contributed by atoms with van der Waals surface area (Å²) in [5.41, 5.74) is 0.857. The molecule has 1 aliphatic heterocycles. The van der Waals surface area contributed by atoms with Crippen LogP contribution in [-0.2, 0) is 19.4 Å². The number of halogens is 1. The molecular weight excluding hydrogens is 490 g/mol. The van der Waals surface area contributed by atoms with Gasteiger partial charge in [-0.2, -0.15) is 0 Å². The Labute approximate surface area is 201 Å². The summed E-state index contributed by atoms with van der Waals surface area (Å²) >= 11 is 7.20. The number of rotatable bonds is 8. The molecule has 1 aliphatic rings. The van der Waals surface area contributed by atoms with Gasteiger partial charge in [0.15, 0.2) is 26.6 Å². The van der Waals surface area contributed by atoms with Crippen molar-refractivity contribution in [3.63, 3.8) is 0 Å². The number of carbonyl (C=O) groups is 2. The topological polar surface area (TPSA) is 123 Å². The summed E-state index contributed by atoms with van der Waals surface area (Å²) in [6, 6.07) is 9.36. The third kappa shape index (κ3) is 5.91. The maximum atomic E-state index is 13.0. The summed E-state index contributed by atoms with van der Waals surface area (Å²) in [5.74, 6) is -0.263. The SMILES string of the molecule is COc1ccc(S(=O)(=O)C2CNC(SCC(=O)Nc3ccc(C)c(Cl)c3)NC2=O)cc1OC. The molecule has 0 bridgehead atoms. The smallest absolute Gasteiger partial charge is 0.241 e. The number of benzene rings is 2. The Balaban J connectivity index is 1.58. The molecule has 3 rings (SSSR count). The van der Waals surface area contributed by atoms with Crippen molar-refractivity contribution in [2.75, 3.05) is 31.8 Å². The molecule has 2 amide bonds. The first-order valence-corrected chi connectivity index (χ1v) is 12.8. The Morgan fingerprint density at radius 2 is 1.91 bits per heavy atom. The molecule has 0 aliphatic carbocycles. The summed E-state index contributed by atoms with van der Waals surface area (Å²) in [6.45, 7) is 1.76. The normalized spacial score (nSPS) is 18.4. The molecule has 2 aromatic rings. The Bertz CT molecular complexity index is 1160. The Morgan fingerprint density at radius 3 is 2.55 bits per heavy atom. The first-order chi connectivity index (χ1) is 15.6. The van der Waals surface area contributed by atoms with Crippen LogP contribution in [0.15, 0.2) is 41.3 Å². The van der Waals surface area contributed by atoms with Crippen molar-refractivity contribution >= 4 is 50.7 Å². The number of methoxy groups -OCH3 is 2. The molecule has 1 heterocycles. The lowest BCUT2D eigenvalue weighted by Crippen LogP contribution is -2.59. The second-order valence-corrected chi connectivity index (χ2v) is 10.8. The fourth-order valence-corrected chi connectivity index (χ4v) is 5.62. The fourth-order valence-electron chi connectivity index (χ4n) is 3.12. The zero-order valence-electron chi connectivity index (χ0n) is 18.2. The lowest BCUT2D eigenvalue weighted by Gasteiger charge is -2.29. The number of nitrogens with one attached hydrogen (secondary N) is 3. The van der Waals surface area contributed by atoms with Crippen molar-refractivity contribution < 1.29 is 27.5 Å². The third-order valence-electron chi connectivity index (χ3n) is 4.95. The van der Waals surface area contributed by atoms with E-state index in [1.54, 1.807) is 18.2 Å². The molecule has 2 unspecified atom stereocenters. The monoisotopic (exact) mass is 513 g/mol. The number of sulfone groups is 1. The number of carbonyl (C=O) groups excluding carboxylic acids is 2. The molecule has 1 fully saturated rings. The molecule has 12 heteroatoms. The number of amides is 2. The molecule has 2 atom stereocenters. The Hall–Kier alpha value is -2.47. The van der Waals surface area contributed by atoms with Crippen LogP contribution in [0.1, 0.15) is 5.56 Å². The summed E-state index contributed by atoms with van der Waals surface area (Å²) in [4.78, 5) is 24.8. The highest BCUT2D eigenvalue weighted by Crippen LogP contribution is 2.31. The Morgan fingerprint density at radius 1 is 1.18 bits per heavy atom. The van der Waals surface area contributed by atoms with Crippen molar-refractivity contribution in [1.29, 1.82) is 0 Å². The number of hydrogen-bond acceptors (Lipinski definition) is 8. The lowest BCUT2D eigenvalue weighted by atomic mass is 10.2. The average molecular weight is 514 g/mol. The minimum absolute atomic E-state index is 0.0382. The third-order valence-corrected chi connectivity index (χ3v) is 8.44. The van der Waals surface area contributed by atoms with E-state index in [0.717, 1.165) is 17.3 Å². The fraction of sp³-hybridized carbons (Fsp3) is 0.333. The first kappa shape index (κ1) is 25.2. The number of hydrogen-bond donors (Lipinski definition) is 3. The standard InChI is InChI=1S/C21H24ClN3O6S2/c1-12-4-5-13(8-15(12)22)24-19(26)11-32-21-23-10-18(20(27)25-21)33(28,29)14-6-7-16(30-2)17(9-14)31-3/h4-9,18,21,23H,10-11H2,1-3H3,(H,24,26)(H,25,27). The van der Waals surface area contributed by atoms with Crippen molar-refractivity contribution in [2.24, 2.45) is 0 Å². The van der Waals surface area contributed by atoms with Crippen LogP contribution in [0, 0.1) is 6.92 Å². The summed E-state index contributed by atoms with van der Waals surface area (Å²) in [7, 11) is -1.14. The van der Waals surface area contributed by atoms with Crippen LogP contribution in [0.25, 0.3) is 0 Å². The van der Waals surface area contributed by atoms with Gasteiger partial charge in [-0.1, -0.05) is 17.7 Å². The Kier molecular flexibility index (Phi) is 8.11. The van der Waals surface area contributed by atoms with E-state index in [1.165, 1.54) is 32.4 Å². The molecule has 2 aromatic carbocycles. The highest BCUT2D eigenvalue weighted by Gasteiger charge is 2.39. The van der Waals surface area contributed by atoms with Crippen LogP contribution in [0.2, 0.25) is 5.02 Å². The number of aryl methyl sites for hydroxylation is 1. The molecule has 178 valence electrons. The van der Waals surface area contributed by atoms with Gasteiger partial charge in [0.2, 0.25) is 11.8 Å². The average Bonchev–Trinajstić information content (AvgIpc) is 2.79. The number of thioether (sulfide) groups is 1. The summed E-state index contributed by atoms with van der Waals surface area (Å²) < 4.78 is 36.3. The van der Waals surface area contributed by atoms with E-state index in [4.69, 9.17) is 21.1 Å². The molecule has 0 radical (unpaired) electrons. The highest BCUT2D eigenvalue weighted by atomic mass is 35.5. The van der Waals surface area contributed by atoms with E-state index in [-0.39, 0.29) is 28.8 Å². The highest BCUT2D eigenvalue weighted by molar-refractivity contribution is 8.00. The van der Waals surface area contributed by atoms with Gasteiger partial charge < -0.3 is 20.1 Å². The van der Waals surface area contributed by atoms with Gasteiger partial charge in [-0.05, 0) is 36.8 Å². The lowest BCUT2D eigenvalue weighted by molar-refractivity contribution is -0.122. The van der Waals surface area contributed by atoms with E-state index in [0.29, 0.717) is 16.5 Å². The van der Waals surface area contributed by atoms with Crippen molar-refractivity contribution in [3.05, 3.63) is 47.0 Å². The van der Waals surface area contributed by atoms with Gasteiger partial charge in [-0.3, -0.25) is 14.9 Å². The van der Waals surface area contributed by atoms with Crippen LogP contribution < -0.4 is 25.4 Å². The van der Waals surface area contributed by atoms with Crippen molar-refractivity contribution in [2.45, 2.75) is 22.6 Å². The van der Waals surface area contributed by atoms with Crippen LogP contribution in [0.5, 0.6) is 11.5 Å². The van der Waals surface area contributed by atoms with E-state index in [9.17, 15) is 18.0 Å². The minimum atomic E-state index is -3.98. The van der Waals surface area contributed by atoms with Gasteiger partial charge in [-0.15, -0.1) is 11.8 Å². The van der Waals surface area contributed by atoms with Crippen molar-refractivity contribution in [1.82, 2.24) is 10.6 Å². The zero-order chi connectivity index (χ0) is 24.2. The van der Waals surface area contributed by atoms with Gasteiger partial charge in [0.25, 0.3) is 0 Å². The predicted octanol–water partition coefficient (Wildman–Crippen LogP) is 2.18. The van der Waals surface area contributed by atoms with Crippen LogP contribution in [0.3, 0.4) is 0 Å². The van der Waals surface area contributed by atoms with E-state index in [2.05, 4.69) is 16.0 Å². The van der Waals surface area contributed by atoms with E-state index >= 15 is 0 Å². The summed E-state index contributed by atoms with van der Waals surface area (Å²) in [6.07, 6.45) is 0. The maximum absolute atomic E-state index is 13.0. The second kappa shape index (κ2) is 10.6. The molecule has 9 nitrogen and oxygen atoms in total. The molecule has 33 heavy (non-hydrogen) atoms. The van der Waals surface area contributed by atoms with E-state index < -0.39 is 26.5 Å². The molecule has 3 N–H and O–H groups in total. The van der Waals surface area contributed by atoms with E-state index in [1.807, 2.05) is 6.92 Å². The van der Waals surface area contributed by atoms with Crippen LogP contribution in [0.4, 0.5) is 5.69 Å². The minimum Gasteiger partial charge on any atom is -0.493 e. The predicted molar refractivity (Wildman–Crippen MR) is 128 cm³/mol. The second-order valence-electron chi connectivity index (χ2n) is 7.17. The largest absolute Gasteiger partial charge is 0.493 e. The van der Waals surface area contributed by atoms with Crippen LogP contribution >= 0.6 is 23.4 Å². The van der Waals surface area contributed by atoms with Crippen LogP contribution in [-0.4, -0.2) is 57.5 Å². The molecule has 1 saturated heterocycles. The van der Waals surface area contributed by atoms with Gasteiger partial charge in [0, 0.05) is 23.3 Å². The quantitative estimate of drug-likeness (QED) is 0.491. The van der Waals surface area contributed by atoms with Gasteiger partial charge in [0.05, 0.1) is 24.9 Å². The molecule has 0 saturated carbocycles. The van der Waals surface area contributed by atoms with Gasteiger partial charge >= 0.3 is 0 Å². The maximum Gasteiger partial charge on any atom is 0.241 e.